The van der Waals surface area contributed by atoms with Crippen molar-refractivity contribution in [3.8, 4) is 0 Å². The summed E-state index contributed by atoms with van der Waals surface area (Å²) in [6, 6.07) is 0. The molecule has 1 rings (SSSR count). The van der Waals surface area contributed by atoms with Gasteiger partial charge in [-0.25, -0.2) is 0 Å². The van der Waals surface area contributed by atoms with E-state index in [0.29, 0.717) is 5.70 Å². The first kappa shape index (κ1) is 11.1. The van der Waals surface area contributed by atoms with E-state index in [4.69, 9.17) is 0 Å². The van der Waals surface area contributed by atoms with Crippen LogP contribution >= 0.6 is 0 Å². The number of rotatable bonds is 1. The number of hydrogen-bond donors (Lipinski definition) is 2. The summed E-state index contributed by atoms with van der Waals surface area (Å²) < 4.78 is 0. The van der Waals surface area contributed by atoms with Crippen molar-refractivity contribution in [2.45, 2.75) is 38.9 Å². The van der Waals surface area contributed by atoms with Crippen LogP contribution in [0.25, 0.3) is 0 Å². The van der Waals surface area contributed by atoms with Gasteiger partial charge in [-0.1, -0.05) is 0 Å². The summed E-state index contributed by atoms with van der Waals surface area (Å²) in [4.78, 5) is 11.4. The third-order valence-corrected chi connectivity index (χ3v) is 3.43. The van der Waals surface area contributed by atoms with E-state index in [0.717, 1.165) is 9.96 Å². The van der Waals surface area contributed by atoms with Gasteiger partial charge in [-0.15, -0.1) is 4.91 Å². The van der Waals surface area contributed by atoms with E-state index >= 15 is 0 Å². The zero-order chi connectivity index (χ0) is 11.1. The van der Waals surface area contributed by atoms with E-state index in [1.807, 2.05) is 34.7 Å². The molecule has 0 spiro atoms. The van der Waals surface area contributed by atoms with Crippen molar-refractivity contribution in [3.63, 3.8) is 0 Å². The topological polar surface area (TPSA) is 57.3 Å². The molecule has 14 heavy (non-hydrogen) atoms. The third-order valence-electron chi connectivity index (χ3n) is 3.43. The van der Waals surface area contributed by atoms with E-state index < -0.39 is 5.66 Å². The van der Waals surface area contributed by atoms with Crippen LogP contribution < -0.4 is 4.90 Å². The Hall–Kier alpha value is -0.940. The summed E-state index contributed by atoms with van der Waals surface area (Å²) in [7, 11) is 1.98. The molecule has 0 radical (unpaired) electrons. The normalized spacial score (nSPS) is 32.3. The highest BCUT2D eigenvalue weighted by Gasteiger charge is 2.56. The van der Waals surface area contributed by atoms with Crippen LogP contribution in [0, 0.1) is 4.91 Å². The monoisotopic (exact) mass is 200 g/mol. The Kier molecular flexibility index (Phi) is 2.41. The molecule has 0 aromatic heterocycles. The first-order chi connectivity index (χ1) is 6.26. The fourth-order valence-corrected chi connectivity index (χ4v) is 1.95. The molecule has 0 saturated carbocycles. The average molecular weight is 200 g/mol. The maximum atomic E-state index is 10.2. The van der Waals surface area contributed by atoms with E-state index in [-0.39, 0.29) is 5.54 Å². The number of nitroso groups, excluding NO2 is 1. The van der Waals surface area contributed by atoms with Crippen molar-refractivity contribution >= 4 is 0 Å². The minimum absolute atomic E-state index is 0.313. The second-order valence-corrected chi connectivity index (χ2v) is 4.74. The Morgan fingerprint density at radius 3 is 2.21 bits per heavy atom. The molecule has 1 saturated heterocycles. The number of nitrogens with one attached hydrogen (secondary N) is 1. The predicted molar refractivity (Wildman–Crippen MR) is 52.5 cm³/mol. The molecule has 1 aliphatic rings. The molecule has 0 aromatic carbocycles. The molecule has 0 aliphatic carbocycles. The first-order valence-electron chi connectivity index (χ1n) is 4.63. The van der Waals surface area contributed by atoms with E-state index in [1.54, 1.807) is 0 Å². The molecule has 1 unspecified atom stereocenters. The summed E-state index contributed by atoms with van der Waals surface area (Å²) in [6.45, 7) is 7.76. The fraction of sp³-hybridized carbons (Fsp3) is 0.778. The standard InChI is InChI=1S/C9H17N3O2/c1-8(2)7(6-10-13)12(14)9(3,4)11(8)5/h6,14H,1-5H3/p+1. The van der Waals surface area contributed by atoms with Crippen LogP contribution in [0.15, 0.2) is 17.1 Å². The first-order valence-corrected chi connectivity index (χ1v) is 4.63. The van der Waals surface area contributed by atoms with Crippen molar-refractivity contribution < 1.29 is 10.1 Å². The van der Waals surface area contributed by atoms with Crippen molar-refractivity contribution in [3.05, 3.63) is 16.8 Å². The molecule has 1 atom stereocenters. The van der Waals surface area contributed by atoms with Gasteiger partial charge in [0.25, 0.3) is 0 Å². The third kappa shape index (κ3) is 1.24. The predicted octanol–water partition coefficient (Wildman–Crippen LogP) is 0.328. The van der Waals surface area contributed by atoms with Gasteiger partial charge in [-0.05, 0) is 19.0 Å². The summed E-state index contributed by atoms with van der Waals surface area (Å²) in [6.07, 6.45) is 1.18. The van der Waals surface area contributed by atoms with Crippen LogP contribution in [0.3, 0.4) is 0 Å². The zero-order valence-electron chi connectivity index (χ0n) is 9.33. The van der Waals surface area contributed by atoms with Crippen LogP contribution in [-0.2, 0) is 0 Å². The number of likely N-dealkylation sites (N-methyl/N-ethyl adjacent to an activating group) is 1. The van der Waals surface area contributed by atoms with Gasteiger partial charge in [-0.2, -0.15) is 5.06 Å². The molecule has 0 aromatic rings. The van der Waals surface area contributed by atoms with Crippen molar-refractivity contribution in [1.82, 2.24) is 5.06 Å². The van der Waals surface area contributed by atoms with Crippen molar-refractivity contribution in [2.24, 2.45) is 5.18 Å². The molecule has 5 nitrogen and oxygen atoms in total. The van der Waals surface area contributed by atoms with Gasteiger partial charge in [-0.3, -0.25) is 5.21 Å². The molecular formula is C9H18N3O2+. The van der Waals surface area contributed by atoms with Gasteiger partial charge in [0.1, 0.15) is 11.2 Å². The minimum Gasteiger partial charge on any atom is -0.305 e. The second-order valence-electron chi connectivity index (χ2n) is 4.74. The minimum atomic E-state index is -0.444. The average Bonchev–Trinajstić information content (AvgIpc) is 2.19. The van der Waals surface area contributed by atoms with Gasteiger partial charge < -0.3 is 4.90 Å². The maximum absolute atomic E-state index is 10.2. The Morgan fingerprint density at radius 2 is 1.93 bits per heavy atom. The van der Waals surface area contributed by atoms with E-state index in [1.165, 1.54) is 6.20 Å². The number of quaternary nitrogens is 1. The van der Waals surface area contributed by atoms with Crippen molar-refractivity contribution in [1.29, 1.82) is 0 Å². The number of nitrogens with zero attached hydrogens (tertiary/aromatic N) is 2. The van der Waals surface area contributed by atoms with Gasteiger partial charge in [0.2, 0.25) is 0 Å². The summed E-state index contributed by atoms with van der Waals surface area (Å²) in [5.74, 6) is 0. The lowest BCUT2D eigenvalue weighted by atomic mass is 10.0. The quantitative estimate of drug-likeness (QED) is 0.600. The lowest BCUT2D eigenvalue weighted by Crippen LogP contribution is -3.21. The highest BCUT2D eigenvalue weighted by atomic mass is 16.5. The number of hydrogen-bond acceptors (Lipinski definition) is 4. The highest BCUT2D eigenvalue weighted by Crippen LogP contribution is 2.28. The van der Waals surface area contributed by atoms with Crippen LogP contribution in [0.1, 0.15) is 27.7 Å². The van der Waals surface area contributed by atoms with Crippen molar-refractivity contribution in [2.75, 3.05) is 7.05 Å². The lowest BCUT2D eigenvalue weighted by Gasteiger charge is -2.32. The molecule has 1 aliphatic heterocycles. The largest absolute Gasteiger partial charge is 0.305 e. The van der Waals surface area contributed by atoms with Crippen LogP contribution in [0.4, 0.5) is 0 Å². The van der Waals surface area contributed by atoms with Gasteiger partial charge in [0, 0.05) is 13.8 Å². The van der Waals surface area contributed by atoms with Gasteiger partial charge in [0.15, 0.2) is 5.66 Å². The summed E-state index contributed by atoms with van der Waals surface area (Å²) in [5.41, 5.74) is -0.207. The Bertz CT molecular complexity index is 284. The van der Waals surface area contributed by atoms with Crippen LogP contribution in [0.5, 0.6) is 0 Å². The Labute approximate surface area is 83.9 Å². The Morgan fingerprint density at radius 1 is 1.43 bits per heavy atom. The van der Waals surface area contributed by atoms with E-state index in [9.17, 15) is 10.1 Å². The van der Waals surface area contributed by atoms with Crippen LogP contribution in [-0.4, -0.2) is 28.5 Å². The smallest absolute Gasteiger partial charge is 0.191 e. The SMILES string of the molecule is C[NH+]1C(C)(C)C(=CN=O)N(O)C1(C)C. The van der Waals surface area contributed by atoms with Gasteiger partial charge >= 0.3 is 0 Å². The molecule has 0 amide bonds. The molecule has 1 heterocycles. The number of hydroxylamine groups is 2. The zero-order valence-corrected chi connectivity index (χ0v) is 9.33. The summed E-state index contributed by atoms with van der Waals surface area (Å²) >= 11 is 0. The molecule has 80 valence electrons. The molecule has 5 heteroatoms. The van der Waals surface area contributed by atoms with Gasteiger partial charge in [0.05, 0.1) is 13.2 Å². The summed E-state index contributed by atoms with van der Waals surface area (Å²) in [5, 5.41) is 13.8. The van der Waals surface area contributed by atoms with E-state index in [2.05, 4.69) is 5.18 Å². The molecular weight excluding hydrogens is 182 g/mol. The molecule has 2 N–H and O–H groups in total. The van der Waals surface area contributed by atoms with Crippen LogP contribution in [0.2, 0.25) is 0 Å². The Balaban J connectivity index is 3.23. The second kappa shape index (κ2) is 3.03. The maximum Gasteiger partial charge on any atom is 0.191 e. The molecule has 0 bridgehead atoms. The fourth-order valence-electron chi connectivity index (χ4n) is 1.95. The molecule has 1 fully saturated rings. The lowest BCUT2D eigenvalue weighted by molar-refractivity contribution is -0.968. The highest BCUT2D eigenvalue weighted by molar-refractivity contribution is 5.15.